The largest absolute Gasteiger partial charge is 0.497 e. The lowest BCUT2D eigenvalue weighted by atomic mass is 9.85. The summed E-state index contributed by atoms with van der Waals surface area (Å²) in [6.07, 6.45) is 0. The fourth-order valence-corrected chi connectivity index (χ4v) is 4.43. The molecule has 0 bridgehead atoms. The molecule has 0 aromatic heterocycles. The Morgan fingerprint density at radius 1 is 0.552 bits per heavy atom. The van der Waals surface area contributed by atoms with E-state index in [-0.39, 0.29) is 5.92 Å². The van der Waals surface area contributed by atoms with Crippen LogP contribution in [0.4, 0.5) is 0 Å². The third-order valence-corrected chi connectivity index (χ3v) is 5.81. The maximum atomic E-state index is 5.37. The molecule has 142 valence electrons. The first-order valence-electron chi connectivity index (χ1n) is 9.80. The van der Waals surface area contributed by atoms with E-state index in [4.69, 9.17) is 9.47 Å². The van der Waals surface area contributed by atoms with Crippen molar-refractivity contribution in [2.75, 3.05) is 14.2 Å². The Bertz CT molecular complexity index is 1160. The molecule has 0 heterocycles. The van der Waals surface area contributed by atoms with Crippen molar-refractivity contribution in [2.24, 2.45) is 0 Å². The topological polar surface area (TPSA) is 18.5 Å². The normalized spacial score (nSPS) is 14.2. The summed E-state index contributed by atoms with van der Waals surface area (Å²) in [6, 6.07) is 32.2. The first-order valence-corrected chi connectivity index (χ1v) is 9.80. The van der Waals surface area contributed by atoms with Crippen LogP contribution in [0.1, 0.15) is 22.6 Å². The molecule has 2 nitrogen and oxygen atoms in total. The van der Waals surface area contributed by atoms with Gasteiger partial charge in [-0.3, -0.25) is 0 Å². The molecule has 5 rings (SSSR count). The molecular formula is C27H22O2. The van der Waals surface area contributed by atoms with Crippen LogP contribution in [-0.2, 0) is 0 Å². The monoisotopic (exact) mass is 378 g/mol. The van der Waals surface area contributed by atoms with Crippen LogP contribution >= 0.6 is 0 Å². The van der Waals surface area contributed by atoms with E-state index in [0.29, 0.717) is 0 Å². The number of benzene rings is 4. The summed E-state index contributed by atoms with van der Waals surface area (Å²) in [5.41, 5.74) is 9.10. The summed E-state index contributed by atoms with van der Waals surface area (Å²) in [5, 5.41) is 0. The minimum absolute atomic E-state index is 0.199. The van der Waals surface area contributed by atoms with Gasteiger partial charge in [0, 0.05) is 5.92 Å². The summed E-state index contributed by atoms with van der Waals surface area (Å²) in [6.45, 7) is 0. The molecular weight excluding hydrogens is 356 g/mol. The maximum absolute atomic E-state index is 5.37. The van der Waals surface area contributed by atoms with Gasteiger partial charge in [0.25, 0.3) is 0 Å². The third-order valence-electron chi connectivity index (χ3n) is 5.81. The second kappa shape index (κ2) is 7.14. The van der Waals surface area contributed by atoms with Crippen molar-refractivity contribution in [1.29, 1.82) is 0 Å². The van der Waals surface area contributed by atoms with Crippen LogP contribution < -0.4 is 9.47 Å². The molecule has 0 saturated heterocycles. The Hall–Kier alpha value is -3.52. The Kier molecular flexibility index (Phi) is 4.33. The van der Waals surface area contributed by atoms with Crippen molar-refractivity contribution in [3.05, 3.63) is 108 Å². The molecule has 0 N–H and O–H groups in total. The Balaban J connectivity index is 1.73. The number of rotatable bonds is 4. The predicted octanol–water partition coefficient (Wildman–Crippen LogP) is 6.53. The first-order chi connectivity index (χ1) is 14.3. The zero-order valence-electron chi connectivity index (χ0n) is 16.6. The van der Waals surface area contributed by atoms with Gasteiger partial charge in [-0.05, 0) is 63.2 Å². The summed E-state index contributed by atoms with van der Waals surface area (Å²) >= 11 is 0. The van der Waals surface area contributed by atoms with E-state index in [2.05, 4.69) is 66.7 Å². The van der Waals surface area contributed by atoms with Crippen LogP contribution in [-0.4, -0.2) is 14.2 Å². The van der Waals surface area contributed by atoms with Gasteiger partial charge in [-0.2, -0.15) is 0 Å². The SMILES string of the molecule is COc1ccc(-c2cccc3c2C(c2ccc(OC)cc2)c2ccccc2-3)cc1. The van der Waals surface area contributed by atoms with Crippen LogP contribution in [0.5, 0.6) is 11.5 Å². The van der Waals surface area contributed by atoms with E-state index in [1.54, 1.807) is 14.2 Å². The van der Waals surface area contributed by atoms with Crippen molar-refractivity contribution in [2.45, 2.75) is 5.92 Å². The van der Waals surface area contributed by atoms with E-state index in [9.17, 15) is 0 Å². The van der Waals surface area contributed by atoms with Crippen molar-refractivity contribution in [1.82, 2.24) is 0 Å². The predicted molar refractivity (Wildman–Crippen MR) is 118 cm³/mol. The highest BCUT2D eigenvalue weighted by molar-refractivity contribution is 5.88. The van der Waals surface area contributed by atoms with Crippen molar-refractivity contribution >= 4 is 0 Å². The summed E-state index contributed by atoms with van der Waals surface area (Å²) in [5.74, 6) is 1.95. The van der Waals surface area contributed by atoms with Gasteiger partial charge >= 0.3 is 0 Å². The molecule has 0 radical (unpaired) electrons. The van der Waals surface area contributed by atoms with Gasteiger partial charge in [0.15, 0.2) is 0 Å². The van der Waals surface area contributed by atoms with Crippen LogP contribution in [0.2, 0.25) is 0 Å². The van der Waals surface area contributed by atoms with Gasteiger partial charge in [0.05, 0.1) is 14.2 Å². The lowest BCUT2D eigenvalue weighted by Gasteiger charge is -2.18. The zero-order chi connectivity index (χ0) is 19.8. The van der Waals surface area contributed by atoms with Crippen LogP contribution in [0, 0.1) is 0 Å². The number of fused-ring (bicyclic) bond motifs is 3. The maximum Gasteiger partial charge on any atom is 0.118 e. The second-order valence-corrected chi connectivity index (χ2v) is 7.29. The summed E-state index contributed by atoms with van der Waals surface area (Å²) in [4.78, 5) is 0. The van der Waals surface area contributed by atoms with Gasteiger partial charge in [-0.25, -0.2) is 0 Å². The fourth-order valence-electron chi connectivity index (χ4n) is 4.43. The van der Waals surface area contributed by atoms with Crippen LogP contribution in [0.3, 0.4) is 0 Å². The van der Waals surface area contributed by atoms with Crippen molar-refractivity contribution in [3.63, 3.8) is 0 Å². The standard InChI is InChI=1S/C27H22O2/c1-28-20-14-10-18(11-15-20)22-8-5-9-25-23-6-3-4-7-24(23)26(27(22)25)19-12-16-21(29-2)17-13-19/h3-17,26H,1-2H3. The molecule has 1 atom stereocenters. The van der Waals surface area contributed by atoms with E-state index in [0.717, 1.165) is 11.5 Å². The second-order valence-electron chi connectivity index (χ2n) is 7.29. The number of ether oxygens (including phenoxy) is 2. The van der Waals surface area contributed by atoms with E-state index in [1.807, 2.05) is 24.3 Å². The number of hydrogen-bond donors (Lipinski definition) is 0. The van der Waals surface area contributed by atoms with E-state index in [1.165, 1.54) is 38.9 Å². The van der Waals surface area contributed by atoms with Gasteiger partial charge in [-0.15, -0.1) is 0 Å². The first kappa shape index (κ1) is 17.6. The molecule has 4 aromatic rings. The van der Waals surface area contributed by atoms with Gasteiger partial charge in [-0.1, -0.05) is 66.7 Å². The average molecular weight is 378 g/mol. The quantitative estimate of drug-likeness (QED) is 0.354. The van der Waals surface area contributed by atoms with Gasteiger partial charge in [0.1, 0.15) is 11.5 Å². The van der Waals surface area contributed by atoms with E-state index >= 15 is 0 Å². The molecule has 0 spiro atoms. The third kappa shape index (κ3) is 2.89. The van der Waals surface area contributed by atoms with Crippen molar-refractivity contribution in [3.8, 4) is 33.8 Å². The molecule has 0 fully saturated rings. The lowest BCUT2D eigenvalue weighted by Crippen LogP contribution is -2.01. The lowest BCUT2D eigenvalue weighted by molar-refractivity contribution is 0.414. The van der Waals surface area contributed by atoms with Crippen LogP contribution in [0.25, 0.3) is 22.3 Å². The minimum atomic E-state index is 0.199. The summed E-state index contributed by atoms with van der Waals surface area (Å²) in [7, 11) is 3.41. The molecule has 0 saturated carbocycles. The highest BCUT2D eigenvalue weighted by atomic mass is 16.5. The Morgan fingerprint density at radius 2 is 1.14 bits per heavy atom. The molecule has 2 heteroatoms. The highest BCUT2D eigenvalue weighted by Crippen LogP contribution is 2.51. The van der Waals surface area contributed by atoms with Gasteiger partial charge < -0.3 is 9.47 Å². The number of hydrogen-bond acceptors (Lipinski definition) is 2. The zero-order valence-corrected chi connectivity index (χ0v) is 16.6. The van der Waals surface area contributed by atoms with Crippen LogP contribution in [0.15, 0.2) is 91.0 Å². The number of methoxy groups -OCH3 is 2. The molecule has 1 aliphatic carbocycles. The molecule has 0 aliphatic heterocycles. The molecule has 29 heavy (non-hydrogen) atoms. The summed E-state index contributed by atoms with van der Waals surface area (Å²) < 4.78 is 10.7. The Morgan fingerprint density at radius 3 is 1.83 bits per heavy atom. The average Bonchev–Trinajstić information content (AvgIpc) is 3.14. The minimum Gasteiger partial charge on any atom is -0.497 e. The van der Waals surface area contributed by atoms with Gasteiger partial charge in [0.2, 0.25) is 0 Å². The fraction of sp³-hybridized carbons (Fsp3) is 0.111. The van der Waals surface area contributed by atoms with Crippen molar-refractivity contribution < 1.29 is 9.47 Å². The smallest absolute Gasteiger partial charge is 0.118 e. The highest BCUT2D eigenvalue weighted by Gasteiger charge is 2.32. The van der Waals surface area contributed by atoms with E-state index < -0.39 is 0 Å². The molecule has 0 amide bonds. The molecule has 1 unspecified atom stereocenters. The molecule has 4 aromatic carbocycles. The Labute approximate surface area is 171 Å². The molecule has 1 aliphatic rings.